The summed E-state index contributed by atoms with van der Waals surface area (Å²) < 4.78 is 0. The number of ketones is 1. The zero-order valence-electron chi connectivity index (χ0n) is 12.7. The van der Waals surface area contributed by atoms with Gasteiger partial charge in [0.2, 0.25) is 0 Å². The van der Waals surface area contributed by atoms with Crippen LogP contribution in [0.25, 0.3) is 0 Å². The first-order valence-electron chi connectivity index (χ1n) is 5.10. The fourth-order valence-electron chi connectivity index (χ4n) is 1.41. The smallest absolute Gasteiger partial charge is 0.549 e. The van der Waals surface area contributed by atoms with E-state index in [1.807, 2.05) is 0 Å². The van der Waals surface area contributed by atoms with Crippen molar-refractivity contribution in [3.8, 4) is 0 Å². The SMILES string of the molecule is C.CC(=O)CC[C@@H](C(=O)[O-])N(CC(=O)[O-])CC(=O)O.[Na+].[Na+].[Na+]. The predicted octanol–water partition coefficient (Wildman–Crippen LogP) is -11.7. The molecule has 110 valence electrons. The van der Waals surface area contributed by atoms with E-state index in [2.05, 4.69) is 0 Å². The molecule has 0 aromatic heterocycles. The van der Waals surface area contributed by atoms with Gasteiger partial charge in [0.15, 0.2) is 0 Å². The van der Waals surface area contributed by atoms with Crippen LogP contribution in [0.5, 0.6) is 0 Å². The summed E-state index contributed by atoms with van der Waals surface area (Å²) in [5, 5.41) is 29.8. The van der Waals surface area contributed by atoms with Crippen LogP contribution in [0.1, 0.15) is 27.2 Å². The summed E-state index contributed by atoms with van der Waals surface area (Å²) in [6, 6.07) is -1.46. The van der Waals surface area contributed by atoms with Crippen LogP contribution in [0.2, 0.25) is 0 Å². The molecule has 0 aliphatic rings. The van der Waals surface area contributed by atoms with E-state index in [0.29, 0.717) is 4.90 Å². The minimum absolute atomic E-state index is 0. The molecule has 1 N–H and O–H groups in total. The van der Waals surface area contributed by atoms with Gasteiger partial charge in [-0.3, -0.25) is 9.69 Å². The Morgan fingerprint density at radius 1 is 1.05 bits per heavy atom. The van der Waals surface area contributed by atoms with Crippen LogP contribution in [0.3, 0.4) is 0 Å². The summed E-state index contributed by atoms with van der Waals surface area (Å²) in [6.07, 6.45) is -0.319. The van der Waals surface area contributed by atoms with Crippen LogP contribution < -0.4 is 98.9 Å². The van der Waals surface area contributed by atoms with Gasteiger partial charge in [-0.1, -0.05) is 7.43 Å². The molecule has 0 heterocycles. The zero-order chi connectivity index (χ0) is 14.3. The Morgan fingerprint density at radius 3 is 1.77 bits per heavy atom. The van der Waals surface area contributed by atoms with Gasteiger partial charge < -0.3 is 29.7 Å². The van der Waals surface area contributed by atoms with Crippen LogP contribution >= 0.6 is 0 Å². The van der Waals surface area contributed by atoms with Crippen molar-refractivity contribution < 1.29 is 123 Å². The third-order valence-electron chi connectivity index (χ3n) is 2.15. The van der Waals surface area contributed by atoms with Gasteiger partial charge in [-0.2, -0.15) is 0 Å². The van der Waals surface area contributed by atoms with E-state index in [4.69, 9.17) is 5.11 Å². The summed E-state index contributed by atoms with van der Waals surface area (Å²) in [4.78, 5) is 43.2. The Balaban J connectivity index is -0.000000241. The third kappa shape index (κ3) is 17.4. The molecule has 0 aromatic rings. The molecule has 22 heavy (non-hydrogen) atoms. The number of hydrogen-bond acceptors (Lipinski definition) is 7. The maximum Gasteiger partial charge on any atom is 1.00 e. The fraction of sp³-hybridized carbons (Fsp3) is 0.636. The molecule has 0 aliphatic heterocycles. The molecule has 11 heteroatoms. The van der Waals surface area contributed by atoms with E-state index in [9.17, 15) is 29.4 Å². The second-order valence-corrected chi connectivity index (χ2v) is 3.75. The van der Waals surface area contributed by atoms with Crippen molar-refractivity contribution in [1.29, 1.82) is 0 Å². The molecule has 8 nitrogen and oxygen atoms in total. The minimum atomic E-state index is -1.63. The molecule has 0 bridgehead atoms. The second kappa shape index (κ2) is 18.4. The Hall–Kier alpha value is 1.04. The largest absolute Gasteiger partial charge is 1.00 e. The summed E-state index contributed by atoms with van der Waals surface area (Å²) in [6.45, 7) is -0.403. The molecule has 0 aliphatic carbocycles. The molecule has 0 fully saturated rings. The summed E-state index contributed by atoms with van der Waals surface area (Å²) in [5.74, 6) is -4.90. The standard InChI is InChI=1S/C10H15NO7.CH4.3Na/c1-6(12)2-3-7(10(17)18)11(4-8(13)14)5-9(15)16;;;;/h7H,2-5H2,1H3,(H,13,14)(H,15,16)(H,17,18);1H4;;;/q;;3*+1/p-2/t7-;;;;/m0..../s1. The predicted molar refractivity (Wildman–Crippen MR) is 59.7 cm³/mol. The number of rotatable bonds is 9. The van der Waals surface area contributed by atoms with Crippen molar-refractivity contribution in [1.82, 2.24) is 4.90 Å². The number of nitrogens with zero attached hydrogens (tertiary/aromatic N) is 1. The van der Waals surface area contributed by atoms with Gasteiger partial charge in [-0.05, 0) is 13.3 Å². The van der Waals surface area contributed by atoms with Gasteiger partial charge in [0.05, 0.1) is 24.5 Å². The van der Waals surface area contributed by atoms with E-state index in [1.54, 1.807) is 0 Å². The number of aliphatic carboxylic acids is 3. The Labute approximate surface area is 195 Å². The van der Waals surface area contributed by atoms with Crippen molar-refractivity contribution in [3.63, 3.8) is 0 Å². The van der Waals surface area contributed by atoms with Crippen LogP contribution in [0, 0.1) is 0 Å². The van der Waals surface area contributed by atoms with E-state index in [1.165, 1.54) is 6.92 Å². The van der Waals surface area contributed by atoms with Gasteiger partial charge in [-0.25, -0.2) is 0 Å². The van der Waals surface area contributed by atoms with E-state index in [-0.39, 0.29) is 115 Å². The van der Waals surface area contributed by atoms with E-state index >= 15 is 0 Å². The molecule has 0 unspecified atom stereocenters. The molecule has 1 atom stereocenters. The number of Topliss-reactive ketones (excluding diaryl/α,β-unsaturated/α-hetero) is 1. The second-order valence-electron chi connectivity index (χ2n) is 3.75. The molecule has 0 spiro atoms. The Bertz CT molecular complexity index is 350. The topological polar surface area (TPSA) is 138 Å². The number of hydrogen-bond donors (Lipinski definition) is 1. The average Bonchev–Trinajstić information content (AvgIpc) is 2.14. The zero-order valence-corrected chi connectivity index (χ0v) is 18.7. The molecular weight excluding hydrogens is 327 g/mol. The molecule has 0 aromatic carbocycles. The van der Waals surface area contributed by atoms with Gasteiger partial charge in [0, 0.05) is 13.0 Å². The minimum Gasteiger partial charge on any atom is -0.549 e. The maximum absolute atomic E-state index is 10.8. The van der Waals surface area contributed by atoms with Crippen molar-refractivity contribution >= 4 is 23.7 Å². The van der Waals surface area contributed by atoms with Crippen LogP contribution in [0.4, 0.5) is 0 Å². The molecule has 0 rings (SSSR count). The first-order valence-corrected chi connectivity index (χ1v) is 5.10. The molecule has 0 saturated heterocycles. The number of carboxylic acid groups (broad SMARTS) is 3. The van der Waals surface area contributed by atoms with Gasteiger partial charge in [0.1, 0.15) is 5.78 Å². The van der Waals surface area contributed by atoms with E-state index in [0.717, 1.165) is 0 Å². The average molecular weight is 344 g/mol. The van der Waals surface area contributed by atoms with Crippen molar-refractivity contribution in [2.24, 2.45) is 0 Å². The summed E-state index contributed by atoms with van der Waals surface area (Å²) in [7, 11) is 0. The fourth-order valence-corrected chi connectivity index (χ4v) is 1.41. The van der Waals surface area contributed by atoms with Gasteiger partial charge in [0.25, 0.3) is 0 Å². The molecule has 0 radical (unpaired) electrons. The maximum atomic E-state index is 10.8. The van der Waals surface area contributed by atoms with Crippen LogP contribution in [-0.4, -0.2) is 52.8 Å². The van der Waals surface area contributed by atoms with Gasteiger partial charge >= 0.3 is 94.6 Å². The number of carboxylic acids is 3. The first kappa shape index (κ1) is 34.4. The quantitative estimate of drug-likeness (QED) is 0.407. The number of carbonyl (C=O) groups excluding carboxylic acids is 3. The Morgan fingerprint density at radius 2 is 1.50 bits per heavy atom. The third-order valence-corrected chi connectivity index (χ3v) is 2.15. The molecular formula is C11H17NNa3O7+. The molecule has 0 saturated carbocycles. The van der Waals surface area contributed by atoms with Crippen LogP contribution in [0.15, 0.2) is 0 Å². The molecule has 0 amide bonds. The van der Waals surface area contributed by atoms with Crippen molar-refractivity contribution in [2.75, 3.05) is 13.1 Å². The number of carbonyl (C=O) groups is 4. The normalized spacial score (nSPS) is 9.91. The van der Waals surface area contributed by atoms with Crippen LogP contribution in [-0.2, 0) is 19.2 Å². The van der Waals surface area contributed by atoms with E-state index < -0.39 is 37.0 Å². The van der Waals surface area contributed by atoms with Gasteiger partial charge in [-0.15, -0.1) is 0 Å². The van der Waals surface area contributed by atoms with Crippen molar-refractivity contribution in [2.45, 2.75) is 33.2 Å². The Kier molecular flexibility index (Phi) is 28.7. The monoisotopic (exact) mass is 344 g/mol. The summed E-state index contributed by atoms with van der Waals surface area (Å²) in [5.41, 5.74) is 0. The first-order chi connectivity index (χ1) is 8.23. The van der Waals surface area contributed by atoms with Crippen molar-refractivity contribution in [3.05, 3.63) is 0 Å². The summed E-state index contributed by atoms with van der Waals surface area (Å²) >= 11 is 0.